The maximum absolute atomic E-state index is 14.1. The minimum absolute atomic E-state index is 0.0252. The van der Waals surface area contributed by atoms with Gasteiger partial charge in [0, 0.05) is 35.8 Å². The van der Waals surface area contributed by atoms with Gasteiger partial charge in [-0.25, -0.2) is 0 Å². The van der Waals surface area contributed by atoms with E-state index in [9.17, 15) is 32.8 Å². The quantitative estimate of drug-likeness (QED) is 0.337. The number of nitrogens with zero attached hydrogens (tertiary/aromatic N) is 1. The molecule has 45 heavy (non-hydrogen) atoms. The third-order valence-corrected chi connectivity index (χ3v) is 10.2. The van der Waals surface area contributed by atoms with E-state index in [4.69, 9.17) is 0 Å². The van der Waals surface area contributed by atoms with E-state index in [2.05, 4.69) is 20.4 Å². The molecule has 4 fully saturated rings. The van der Waals surface area contributed by atoms with Gasteiger partial charge in [0.2, 0.25) is 11.7 Å². The number of carbonyl (C=O) groups excluding carboxylic acids is 5. The number of rotatable bonds is 10. The largest absolute Gasteiger partial charge is 0.434 e. The molecule has 6 rings (SSSR count). The fourth-order valence-corrected chi connectivity index (χ4v) is 8.02. The number of aromatic nitrogens is 1. The van der Waals surface area contributed by atoms with Crippen molar-refractivity contribution in [1.82, 2.24) is 20.5 Å². The fourth-order valence-electron chi connectivity index (χ4n) is 8.02. The summed E-state index contributed by atoms with van der Waals surface area (Å²) in [5, 5.41) is 5.98. The van der Waals surface area contributed by atoms with Crippen LogP contribution in [0.25, 0.3) is 10.9 Å². The molecule has 0 spiro atoms. The smallest absolute Gasteiger partial charge is 0.387 e. The standard InChI is InChI=1S/C33H40F2N4O6/c34-33(35)45-27-14-6-12-23-22(27)16-25(37-23)32(44)39-17-19-8-4-11-21(19)28(39)30(42)38-24(15-18-7-5-13-26(18)40)29(41)31(43)36-20-9-2-1-3-10-20/h6,12,14,16,18-21,24,28,33,37H,1-5,7-11,13,15,17H2,(H,36,43)(H,38,42)/t18?,19-,21-,24-,28-/m0/s1. The number of Topliss-reactive ketones (excluding diaryl/α,β-unsaturated/α-hetero) is 2. The van der Waals surface area contributed by atoms with Crippen LogP contribution in [0.3, 0.4) is 0 Å². The van der Waals surface area contributed by atoms with Crippen LogP contribution in [-0.2, 0) is 19.2 Å². The summed E-state index contributed by atoms with van der Waals surface area (Å²) in [6.07, 6.45) is 8.87. The molecule has 4 aliphatic rings. The predicted molar refractivity (Wildman–Crippen MR) is 160 cm³/mol. The van der Waals surface area contributed by atoms with Crippen LogP contribution in [0.4, 0.5) is 8.78 Å². The van der Waals surface area contributed by atoms with Crippen molar-refractivity contribution >= 4 is 40.2 Å². The van der Waals surface area contributed by atoms with E-state index in [1.54, 1.807) is 6.07 Å². The Morgan fingerprint density at radius 1 is 1.00 bits per heavy atom. The molecule has 2 aromatic rings. The van der Waals surface area contributed by atoms with Crippen LogP contribution >= 0.6 is 0 Å². The van der Waals surface area contributed by atoms with Crippen LogP contribution in [0.1, 0.15) is 87.5 Å². The highest BCUT2D eigenvalue weighted by atomic mass is 19.3. The molecule has 1 saturated heterocycles. The maximum Gasteiger partial charge on any atom is 0.387 e. The molecule has 1 aromatic carbocycles. The summed E-state index contributed by atoms with van der Waals surface area (Å²) in [5.74, 6) is -3.01. The third-order valence-electron chi connectivity index (χ3n) is 10.2. The lowest BCUT2D eigenvalue weighted by Crippen LogP contribution is -2.56. The van der Waals surface area contributed by atoms with E-state index >= 15 is 0 Å². The molecule has 3 N–H and O–H groups in total. The van der Waals surface area contributed by atoms with Crippen LogP contribution in [-0.4, -0.2) is 70.5 Å². The van der Waals surface area contributed by atoms with Crippen LogP contribution in [0.2, 0.25) is 0 Å². The number of likely N-dealkylation sites (tertiary alicyclic amines) is 1. The molecule has 1 aliphatic heterocycles. The molecular weight excluding hydrogens is 586 g/mol. The van der Waals surface area contributed by atoms with E-state index in [0.717, 1.165) is 51.4 Å². The lowest BCUT2D eigenvalue weighted by Gasteiger charge is -2.29. The topological polar surface area (TPSA) is 138 Å². The van der Waals surface area contributed by atoms with Gasteiger partial charge in [-0.1, -0.05) is 31.7 Å². The summed E-state index contributed by atoms with van der Waals surface area (Å²) in [6, 6.07) is 3.86. The van der Waals surface area contributed by atoms with Gasteiger partial charge in [-0.15, -0.1) is 0 Å². The Balaban J connectivity index is 1.23. The Bertz CT molecular complexity index is 1470. The molecule has 1 unspecified atom stereocenters. The number of carbonyl (C=O) groups is 5. The van der Waals surface area contributed by atoms with E-state index < -0.39 is 48.1 Å². The van der Waals surface area contributed by atoms with Crippen molar-refractivity contribution in [3.05, 3.63) is 30.0 Å². The minimum Gasteiger partial charge on any atom is -0.434 e. The first kappa shape index (κ1) is 31.2. The van der Waals surface area contributed by atoms with Crippen LogP contribution < -0.4 is 15.4 Å². The SMILES string of the molecule is O=C(NC1CCCCC1)C(=O)[C@H](CC1CCCC1=O)NC(=O)[C@@H]1[C@H]2CCC[C@H]2CN1C(=O)c1cc2c(OC(F)F)cccc2[nH]1. The number of halogens is 2. The number of hydrogen-bond acceptors (Lipinski definition) is 6. The summed E-state index contributed by atoms with van der Waals surface area (Å²) < 4.78 is 30.6. The normalized spacial score (nSPS) is 25.8. The third kappa shape index (κ3) is 6.60. The van der Waals surface area contributed by atoms with Crippen molar-refractivity contribution in [3.8, 4) is 5.75 Å². The van der Waals surface area contributed by atoms with Gasteiger partial charge >= 0.3 is 6.61 Å². The van der Waals surface area contributed by atoms with Crippen molar-refractivity contribution < 1.29 is 37.5 Å². The highest BCUT2D eigenvalue weighted by Gasteiger charge is 2.50. The summed E-state index contributed by atoms with van der Waals surface area (Å²) in [7, 11) is 0. The number of ketones is 2. The Hall–Kier alpha value is -3.83. The zero-order valence-corrected chi connectivity index (χ0v) is 25.2. The fraction of sp³-hybridized carbons (Fsp3) is 0.606. The van der Waals surface area contributed by atoms with Crippen LogP contribution in [0.15, 0.2) is 24.3 Å². The molecule has 242 valence electrons. The van der Waals surface area contributed by atoms with E-state index in [-0.39, 0.29) is 41.5 Å². The predicted octanol–water partition coefficient (Wildman–Crippen LogP) is 4.27. The highest BCUT2D eigenvalue weighted by Crippen LogP contribution is 2.43. The van der Waals surface area contributed by atoms with Gasteiger partial charge < -0.3 is 25.3 Å². The van der Waals surface area contributed by atoms with Gasteiger partial charge in [0.15, 0.2) is 0 Å². The van der Waals surface area contributed by atoms with Gasteiger partial charge in [0.1, 0.15) is 23.3 Å². The molecule has 0 bridgehead atoms. The average molecular weight is 627 g/mol. The number of alkyl halides is 2. The van der Waals surface area contributed by atoms with Gasteiger partial charge in [-0.05, 0) is 75.0 Å². The van der Waals surface area contributed by atoms with Crippen LogP contribution in [0.5, 0.6) is 5.75 Å². The lowest BCUT2D eigenvalue weighted by atomic mass is 9.91. The average Bonchev–Trinajstić information content (AvgIpc) is 3.81. The summed E-state index contributed by atoms with van der Waals surface area (Å²) >= 11 is 0. The van der Waals surface area contributed by atoms with Gasteiger partial charge in [0.05, 0.1) is 6.04 Å². The minimum atomic E-state index is -3.03. The Kier molecular flexibility index (Phi) is 9.18. The van der Waals surface area contributed by atoms with Crippen molar-refractivity contribution in [2.75, 3.05) is 6.54 Å². The first-order chi connectivity index (χ1) is 21.7. The number of amides is 3. The number of fused-ring (bicyclic) bond motifs is 2. The van der Waals surface area contributed by atoms with Gasteiger partial charge in [0.25, 0.3) is 11.8 Å². The maximum atomic E-state index is 14.1. The molecular formula is C33H40F2N4O6. The van der Waals surface area contributed by atoms with E-state index in [1.165, 1.54) is 23.1 Å². The lowest BCUT2D eigenvalue weighted by molar-refractivity contribution is -0.141. The van der Waals surface area contributed by atoms with Crippen LogP contribution in [0, 0.1) is 17.8 Å². The summed E-state index contributed by atoms with van der Waals surface area (Å²) in [6.45, 7) is -2.70. The molecule has 3 amide bonds. The van der Waals surface area contributed by atoms with Crippen molar-refractivity contribution in [2.45, 2.75) is 102 Å². The van der Waals surface area contributed by atoms with Crippen molar-refractivity contribution in [1.29, 1.82) is 0 Å². The van der Waals surface area contributed by atoms with Gasteiger partial charge in [-0.3, -0.25) is 24.0 Å². The summed E-state index contributed by atoms with van der Waals surface area (Å²) in [4.78, 5) is 71.7. The molecule has 10 nitrogen and oxygen atoms in total. The zero-order chi connectivity index (χ0) is 31.7. The Morgan fingerprint density at radius 3 is 2.53 bits per heavy atom. The molecule has 0 radical (unpaired) electrons. The molecule has 5 atom stereocenters. The number of aromatic amines is 1. The second kappa shape index (κ2) is 13.3. The second-order valence-corrected chi connectivity index (χ2v) is 13.1. The molecule has 1 aromatic heterocycles. The number of ether oxygens (including phenoxy) is 1. The summed E-state index contributed by atoms with van der Waals surface area (Å²) in [5.41, 5.74) is 0.567. The first-order valence-corrected chi connectivity index (χ1v) is 16.2. The second-order valence-electron chi connectivity index (χ2n) is 13.1. The zero-order valence-electron chi connectivity index (χ0n) is 25.2. The number of nitrogens with one attached hydrogen (secondary N) is 3. The van der Waals surface area contributed by atoms with Crippen molar-refractivity contribution in [2.24, 2.45) is 17.8 Å². The number of hydrogen-bond donors (Lipinski definition) is 3. The van der Waals surface area contributed by atoms with E-state index in [1.807, 2.05) is 0 Å². The monoisotopic (exact) mass is 626 g/mol. The Morgan fingerprint density at radius 2 is 1.80 bits per heavy atom. The Labute approximate surface area is 260 Å². The molecule has 12 heteroatoms. The first-order valence-electron chi connectivity index (χ1n) is 16.2. The highest BCUT2D eigenvalue weighted by molar-refractivity contribution is 6.38. The van der Waals surface area contributed by atoms with E-state index in [0.29, 0.717) is 36.7 Å². The number of H-pyrrole nitrogens is 1. The molecule has 3 saturated carbocycles. The van der Waals surface area contributed by atoms with Crippen molar-refractivity contribution in [3.63, 3.8) is 0 Å². The number of benzene rings is 1. The molecule has 2 heterocycles. The van der Waals surface area contributed by atoms with Gasteiger partial charge in [-0.2, -0.15) is 8.78 Å². The molecule has 3 aliphatic carbocycles.